The first-order valence-corrected chi connectivity index (χ1v) is 12.8. The van der Waals surface area contributed by atoms with E-state index in [1.54, 1.807) is 31.9 Å². The number of amides is 2. The van der Waals surface area contributed by atoms with Crippen molar-refractivity contribution < 1.29 is 14.3 Å². The van der Waals surface area contributed by atoms with Crippen LogP contribution in [0.2, 0.25) is 0 Å². The van der Waals surface area contributed by atoms with E-state index in [1.165, 1.54) is 0 Å². The summed E-state index contributed by atoms with van der Waals surface area (Å²) in [6, 6.07) is 16.3. The van der Waals surface area contributed by atoms with Crippen molar-refractivity contribution in [2.75, 3.05) is 12.0 Å². The number of nitrogens with one attached hydrogen (secondary N) is 3. The molecule has 40 heavy (non-hydrogen) atoms. The van der Waals surface area contributed by atoms with Crippen molar-refractivity contribution >= 4 is 40.7 Å². The molecule has 0 saturated heterocycles. The average molecular weight is 564 g/mol. The van der Waals surface area contributed by atoms with Crippen LogP contribution < -0.4 is 26.1 Å². The molecule has 0 radical (unpaired) electrons. The van der Waals surface area contributed by atoms with Gasteiger partial charge >= 0.3 is 11.1 Å². The standard InChI is InChI=1S/C29H29N5O5.ClH/c1-16(2)26(35)30-22-12-9-17-6-4-5-7-23(17)34(29(22)38)15-21-20-11-8-19(14-18(20)10-13-24(21)39-3)25-31-27(36)28(37)33-32-25;/h4-8,10-11,13-14,16,22H,9,12,15H2,1-3H3,(H,30,35)(H,33,37)(H,31,32,36);1H/t22-;/m0./s1. The SMILES string of the molecule is COc1ccc2cc(-c3n[nH]c(=O)c(=O)[nH]3)ccc2c1CN1C(=O)[C@@H](NC(=O)C(C)C)CCc2ccccc21.Cl. The van der Waals surface area contributed by atoms with Crippen LogP contribution >= 0.6 is 12.4 Å². The third kappa shape index (κ3) is 5.48. The Bertz CT molecular complexity index is 1700. The van der Waals surface area contributed by atoms with Gasteiger partial charge in [-0.15, -0.1) is 12.4 Å². The van der Waals surface area contributed by atoms with Crippen molar-refractivity contribution in [2.24, 2.45) is 5.92 Å². The molecule has 4 aromatic rings. The first kappa shape index (κ1) is 28.6. The Hall–Kier alpha value is -4.44. The first-order chi connectivity index (χ1) is 18.8. The minimum Gasteiger partial charge on any atom is -0.496 e. The molecule has 3 N–H and O–H groups in total. The molecular weight excluding hydrogens is 534 g/mol. The minimum atomic E-state index is -0.822. The lowest BCUT2D eigenvalue weighted by atomic mass is 9.99. The zero-order valence-electron chi connectivity index (χ0n) is 22.3. The van der Waals surface area contributed by atoms with Gasteiger partial charge in [-0.3, -0.25) is 19.2 Å². The number of aromatic amines is 2. The van der Waals surface area contributed by atoms with Gasteiger partial charge in [0.05, 0.1) is 13.7 Å². The Morgan fingerprint density at radius 3 is 2.60 bits per heavy atom. The molecule has 0 aliphatic carbocycles. The Morgan fingerprint density at radius 1 is 1.10 bits per heavy atom. The molecule has 0 unspecified atom stereocenters. The molecule has 10 nitrogen and oxygen atoms in total. The van der Waals surface area contributed by atoms with Crippen molar-refractivity contribution in [2.45, 2.75) is 39.3 Å². The van der Waals surface area contributed by atoms with Crippen molar-refractivity contribution in [1.29, 1.82) is 0 Å². The zero-order valence-corrected chi connectivity index (χ0v) is 23.1. The fourth-order valence-corrected chi connectivity index (χ4v) is 4.87. The third-order valence-electron chi connectivity index (χ3n) is 7.00. The van der Waals surface area contributed by atoms with Crippen LogP contribution in [0.4, 0.5) is 5.69 Å². The second kappa shape index (κ2) is 11.7. The second-order valence-electron chi connectivity index (χ2n) is 9.85. The maximum absolute atomic E-state index is 13.9. The lowest BCUT2D eigenvalue weighted by Gasteiger charge is -2.28. The number of benzene rings is 3. The lowest BCUT2D eigenvalue weighted by Crippen LogP contribution is -2.48. The maximum atomic E-state index is 13.9. The second-order valence-corrected chi connectivity index (χ2v) is 9.85. The van der Waals surface area contributed by atoms with Gasteiger partial charge in [-0.05, 0) is 47.4 Å². The highest BCUT2D eigenvalue weighted by Gasteiger charge is 2.32. The summed E-state index contributed by atoms with van der Waals surface area (Å²) in [5, 5.41) is 10.8. The number of halogens is 1. The summed E-state index contributed by atoms with van der Waals surface area (Å²) >= 11 is 0. The molecule has 1 aliphatic rings. The number of methoxy groups -OCH3 is 1. The molecule has 3 aromatic carbocycles. The predicted octanol–water partition coefficient (Wildman–Crippen LogP) is 3.33. The Kier molecular flexibility index (Phi) is 8.39. The van der Waals surface area contributed by atoms with E-state index >= 15 is 0 Å². The highest BCUT2D eigenvalue weighted by atomic mass is 35.5. The van der Waals surface area contributed by atoms with E-state index in [0.717, 1.165) is 27.6 Å². The number of H-pyrrole nitrogens is 2. The lowest BCUT2D eigenvalue weighted by molar-refractivity contribution is -0.129. The number of hydrogen-bond donors (Lipinski definition) is 3. The molecule has 2 amide bonds. The molecule has 1 aliphatic heterocycles. The predicted molar refractivity (Wildman–Crippen MR) is 155 cm³/mol. The van der Waals surface area contributed by atoms with E-state index in [1.807, 2.05) is 48.5 Å². The molecule has 208 valence electrons. The molecule has 0 fully saturated rings. The van der Waals surface area contributed by atoms with Gasteiger partial charge in [0.1, 0.15) is 11.8 Å². The normalized spacial score (nSPS) is 14.8. The van der Waals surface area contributed by atoms with Gasteiger partial charge in [0.15, 0.2) is 5.82 Å². The van der Waals surface area contributed by atoms with E-state index in [-0.39, 0.29) is 42.5 Å². The number of aromatic nitrogens is 3. The van der Waals surface area contributed by atoms with Crippen molar-refractivity contribution in [3.05, 3.63) is 86.4 Å². The van der Waals surface area contributed by atoms with Crippen LogP contribution in [0.5, 0.6) is 5.75 Å². The van der Waals surface area contributed by atoms with Crippen LogP contribution in [-0.4, -0.2) is 40.1 Å². The van der Waals surface area contributed by atoms with Gasteiger partial charge in [0.25, 0.3) is 0 Å². The number of hydrogen-bond acceptors (Lipinski definition) is 6. The fourth-order valence-electron chi connectivity index (χ4n) is 4.87. The summed E-state index contributed by atoms with van der Waals surface area (Å²) in [4.78, 5) is 53.9. The van der Waals surface area contributed by atoms with Crippen LogP contribution in [0.1, 0.15) is 31.4 Å². The largest absolute Gasteiger partial charge is 0.496 e. The molecule has 11 heteroatoms. The van der Waals surface area contributed by atoms with Crippen LogP contribution in [0.15, 0.2) is 64.2 Å². The number of anilines is 1. The van der Waals surface area contributed by atoms with Gasteiger partial charge in [-0.25, -0.2) is 5.10 Å². The summed E-state index contributed by atoms with van der Waals surface area (Å²) in [5.74, 6) is 0.265. The van der Waals surface area contributed by atoms with Gasteiger partial charge in [0, 0.05) is 22.7 Å². The molecule has 5 rings (SSSR count). The number of carbonyl (C=O) groups is 2. The van der Waals surface area contributed by atoms with Crippen LogP contribution in [0.3, 0.4) is 0 Å². The monoisotopic (exact) mass is 563 g/mol. The third-order valence-corrected chi connectivity index (χ3v) is 7.00. The van der Waals surface area contributed by atoms with Crippen molar-refractivity contribution in [1.82, 2.24) is 20.5 Å². The van der Waals surface area contributed by atoms with E-state index in [4.69, 9.17) is 4.74 Å². The van der Waals surface area contributed by atoms with Crippen LogP contribution in [0, 0.1) is 5.92 Å². The summed E-state index contributed by atoms with van der Waals surface area (Å²) in [6.07, 6.45) is 1.16. The van der Waals surface area contributed by atoms with Gasteiger partial charge in [-0.2, -0.15) is 5.10 Å². The highest BCUT2D eigenvalue weighted by Crippen LogP contribution is 2.35. The topological polar surface area (TPSA) is 137 Å². The fraction of sp³-hybridized carbons (Fsp3) is 0.276. The Balaban J connectivity index is 0.00000370. The molecule has 1 aromatic heterocycles. The highest BCUT2D eigenvalue weighted by molar-refractivity contribution is 6.01. The van der Waals surface area contributed by atoms with E-state index < -0.39 is 17.2 Å². The number of aryl methyl sites for hydroxylation is 1. The van der Waals surface area contributed by atoms with E-state index in [2.05, 4.69) is 20.5 Å². The summed E-state index contributed by atoms with van der Waals surface area (Å²) in [5.41, 5.74) is 1.63. The Labute approximate surface area is 236 Å². The molecule has 0 bridgehead atoms. The maximum Gasteiger partial charge on any atom is 0.329 e. The van der Waals surface area contributed by atoms with E-state index in [9.17, 15) is 19.2 Å². The average Bonchev–Trinajstić information content (AvgIpc) is 3.06. The quantitative estimate of drug-likeness (QED) is 0.308. The van der Waals surface area contributed by atoms with Gasteiger partial charge < -0.3 is 19.9 Å². The molecule has 2 heterocycles. The number of rotatable bonds is 6. The summed E-state index contributed by atoms with van der Waals surface area (Å²) in [6.45, 7) is 3.82. The number of nitrogens with zero attached hydrogens (tertiary/aromatic N) is 2. The molecule has 0 spiro atoms. The molecule has 1 atom stereocenters. The summed E-state index contributed by atoms with van der Waals surface area (Å²) in [7, 11) is 1.58. The van der Waals surface area contributed by atoms with Gasteiger partial charge in [0.2, 0.25) is 11.8 Å². The van der Waals surface area contributed by atoms with Crippen molar-refractivity contribution in [3.8, 4) is 17.1 Å². The van der Waals surface area contributed by atoms with Crippen molar-refractivity contribution in [3.63, 3.8) is 0 Å². The Morgan fingerprint density at radius 2 is 1.88 bits per heavy atom. The van der Waals surface area contributed by atoms with E-state index in [0.29, 0.717) is 24.2 Å². The van der Waals surface area contributed by atoms with Gasteiger partial charge in [-0.1, -0.05) is 50.2 Å². The van der Waals surface area contributed by atoms with Crippen LogP contribution in [-0.2, 0) is 22.6 Å². The molecule has 0 saturated carbocycles. The number of para-hydroxylation sites is 1. The molecular formula is C29H30ClN5O5. The summed E-state index contributed by atoms with van der Waals surface area (Å²) < 4.78 is 5.71. The number of ether oxygens (including phenoxy) is 1. The smallest absolute Gasteiger partial charge is 0.329 e. The number of carbonyl (C=O) groups excluding carboxylic acids is 2. The van der Waals surface area contributed by atoms with Crippen LogP contribution in [0.25, 0.3) is 22.2 Å². The zero-order chi connectivity index (χ0) is 27.7. The first-order valence-electron chi connectivity index (χ1n) is 12.8. The number of fused-ring (bicyclic) bond motifs is 2. The minimum absolute atomic E-state index is 0.